The van der Waals surface area contributed by atoms with Gasteiger partial charge in [-0.25, -0.2) is 0 Å². The van der Waals surface area contributed by atoms with Crippen LogP contribution in [0.3, 0.4) is 0 Å². The first-order valence-electron chi connectivity index (χ1n) is 33.3. The van der Waals surface area contributed by atoms with E-state index in [1.807, 2.05) is 0 Å². The van der Waals surface area contributed by atoms with Gasteiger partial charge in [-0.2, -0.15) is 0 Å². The van der Waals surface area contributed by atoms with Crippen molar-refractivity contribution in [2.24, 2.45) is 0 Å². The van der Waals surface area contributed by atoms with Crippen LogP contribution in [0.15, 0.2) is 324 Å². The van der Waals surface area contributed by atoms with Crippen molar-refractivity contribution in [3.05, 3.63) is 382 Å². The molecule has 96 heavy (non-hydrogen) atoms. The van der Waals surface area contributed by atoms with Crippen LogP contribution in [0, 0.1) is 27.7 Å². The molecule has 0 aliphatic heterocycles. The minimum Gasteiger partial charge on any atom is -0.456 e. The van der Waals surface area contributed by atoms with Gasteiger partial charge in [-0.3, -0.25) is 0 Å². The van der Waals surface area contributed by atoms with Crippen LogP contribution in [-0.2, 0) is 10.8 Å². The summed E-state index contributed by atoms with van der Waals surface area (Å²) in [6.45, 7) is 8.78. The maximum atomic E-state index is 7.07. The van der Waals surface area contributed by atoms with Gasteiger partial charge in [0.25, 0.3) is 0 Å². The molecule has 0 unspecified atom stereocenters. The van der Waals surface area contributed by atoms with Crippen LogP contribution < -0.4 is 9.80 Å². The fraction of sp³-hybridized carbons (Fsp3) is 0.0652. The van der Waals surface area contributed by atoms with E-state index in [0.29, 0.717) is 0 Å². The van der Waals surface area contributed by atoms with Crippen molar-refractivity contribution in [3.8, 4) is 22.3 Å². The molecule has 0 bridgehead atoms. The highest BCUT2D eigenvalue weighted by atomic mass is 16.3. The number of benzene rings is 15. The summed E-state index contributed by atoms with van der Waals surface area (Å²) in [4.78, 5) is 4.81. The topological polar surface area (TPSA) is 32.8 Å². The number of hydrogen-bond donors (Lipinski definition) is 0. The van der Waals surface area contributed by atoms with Gasteiger partial charge in [0.15, 0.2) is 0 Å². The Morgan fingerprint density at radius 3 is 0.875 bits per heavy atom. The summed E-state index contributed by atoms with van der Waals surface area (Å²) in [5, 5.41) is 8.97. The lowest BCUT2D eigenvalue weighted by Gasteiger charge is -2.35. The number of aryl methyl sites for hydroxylation is 4. The van der Waals surface area contributed by atoms with Crippen LogP contribution in [0.4, 0.5) is 34.1 Å². The molecule has 454 valence electrons. The minimum absolute atomic E-state index is 0.599. The van der Waals surface area contributed by atoms with E-state index in [-0.39, 0.29) is 0 Å². The second kappa shape index (κ2) is 21.3. The van der Waals surface area contributed by atoms with E-state index in [4.69, 9.17) is 8.83 Å². The third kappa shape index (κ3) is 8.21. The smallest absolute Gasteiger partial charge is 0.137 e. The Labute approximate surface area is 557 Å². The Kier molecular flexibility index (Phi) is 12.3. The third-order valence-corrected chi connectivity index (χ3v) is 21.4. The first-order chi connectivity index (χ1) is 47.2. The van der Waals surface area contributed by atoms with Gasteiger partial charge in [0.1, 0.15) is 22.3 Å². The molecule has 0 spiro atoms. The van der Waals surface area contributed by atoms with Crippen molar-refractivity contribution in [1.29, 1.82) is 0 Å². The fourth-order valence-electron chi connectivity index (χ4n) is 16.5. The molecular formula is C92H64N2O2. The van der Waals surface area contributed by atoms with Gasteiger partial charge < -0.3 is 18.6 Å². The second-order valence-corrected chi connectivity index (χ2v) is 26.5. The molecule has 0 amide bonds. The maximum absolute atomic E-state index is 7.07. The Balaban J connectivity index is 0.744. The summed E-state index contributed by atoms with van der Waals surface area (Å²) in [5.41, 5.74) is 28.2. The molecule has 2 aromatic heterocycles. The average Bonchev–Trinajstić information content (AvgIpc) is 1.54. The van der Waals surface area contributed by atoms with Crippen LogP contribution in [0.1, 0.15) is 66.8 Å². The summed E-state index contributed by atoms with van der Waals surface area (Å²) >= 11 is 0. The largest absolute Gasteiger partial charge is 0.456 e. The average molecular weight is 1230 g/mol. The molecule has 19 rings (SSSR count). The van der Waals surface area contributed by atoms with E-state index in [2.05, 4.69) is 353 Å². The van der Waals surface area contributed by atoms with Crippen molar-refractivity contribution < 1.29 is 8.83 Å². The molecule has 0 saturated carbocycles. The van der Waals surface area contributed by atoms with Gasteiger partial charge in [-0.1, -0.05) is 194 Å². The first-order valence-corrected chi connectivity index (χ1v) is 33.3. The predicted octanol–water partition coefficient (Wildman–Crippen LogP) is 24.7. The van der Waals surface area contributed by atoms with E-state index in [1.165, 1.54) is 111 Å². The number of rotatable bonds is 10. The summed E-state index contributed by atoms with van der Waals surface area (Å²) in [7, 11) is 0. The molecule has 0 radical (unpaired) electrons. The number of anilines is 6. The van der Waals surface area contributed by atoms with E-state index in [1.54, 1.807) is 0 Å². The zero-order chi connectivity index (χ0) is 64.0. The van der Waals surface area contributed by atoms with Crippen molar-refractivity contribution >= 4 is 99.5 Å². The van der Waals surface area contributed by atoms with Crippen molar-refractivity contribution in [3.63, 3.8) is 0 Å². The molecule has 0 atom stereocenters. The minimum atomic E-state index is -0.599. The third-order valence-electron chi connectivity index (χ3n) is 21.4. The molecule has 4 heteroatoms. The number of fused-ring (bicyclic) bond motifs is 14. The van der Waals surface area contributed by atoms with Crippen molar-refractivity contribution in [2.75, 3.05) is 9.80 Å². The Morgan fingerprint density at radius 1 is 0.219 bits per heavy atom. The summed E-state index contributed by atoms with van der Waals surface area (Å²) in [6.07, 6.45) is 0. The second-order valence-electron chi connectivity index (χ2n) is 26.5. The van der Waals surface area contributed by atoms with Crippen LogP contribution in [-0.4, -0.2) is 0 Å². The Bertz CT molecular complexity index is 5570. The quantitative estimate of drug-likeness (QED) is 0.137. The molecule has 17 aromatic rings. The monoisotopic (exact) mass is 1230 g/mol. The molecule has 0 saturated heterocycles. The maximum Gasteiger partial charge on any atom is 0.137 e. The van der Waals surface area contributed by atoms with E-state index in [0.717, 1.165) is 78.0 Å². The van der Waals surface area contributed by atoms with Crippen molar-refractivity contribution in [2.45, 2.75) is 38.5 Å². The van der Waals surface area contributed by atoms with E-state index < -0.39 is 10.8 Å². The van der Waals surface area contributed by atoms with E-state index in [9.17, 15) is 0 Å². The fourth-order valence-corrected chi connectivity index (χ4v) is 16.5. The summed E-state index contributed by atoms with van der Waals surface area (Å²) in [5.74, 6) is 0. The molecule has 15 aromatic carbocycles. The van der Waals surface area contributed by atoms with Gasteiger partial charge in [0, 0.05) is 67.8 Å². The summed E-state index contributed by atoms with van der Waals surface area (Å²) in [6, 6.07) is 117. The Morgan fingerprint density at radius 2 is 0.510 bits per heavy atom. The highest BCUT2D eigenvalue weighted by Gasteiger charge is 2.48. The molecule has 2 aliphatic carbocycles. The lowest BCUT2D eigenvalue weighted by Crippen LogP contribution is -2.28. The van der Waals surface area contributed by atoms with Crippen LogP contribution >= 0.6 is 0 Å². The Hall–Kier alpha value is -12.0. The normalized spacial score (nSPS) is 13.4. The highest BCUT2D eigenvalue weighted by Crippen LogP contribution is 2.60. The lowest BCUT2D eigenvalue weighted by atomic mass is 9.67. The van der Waals surface area contributed by atoms with E-state index >= 15 is 0 Å². The predicted molar refractivity (Wildman–Crippen MR) is 399 cm³/mol. The lowest BCUT2D eigenvalue weighted by molar-refractivity contribution is 0.664. The van der Waals surface area contributed by atoms with Gasteiger partial charge in [0.05, 0.1) is 10.8 Å². The van der Waals surface area contributed by atoms with Crippen molar-refractivity contribution in [1.82, 2.24) is 0 Å². The van der Waals surface area contributed by atoms with Gasteiger partial charge in [0.2, 0.25) is 0 Å². The van der Waals surface area contributed by atoms with Gasteiger partial charge in [-0.05, 0) is 247 Å². The zero-order valence-corrected chi connectivity index (χ0v) is 53.7. The molecule has 2 aliphatic rings. The highest BCUT2D eigenvalue weighted by molar-refractivity contribution is 6.16. The van der Waals surface area contributed by atoms with Gasteiger partial charge in [-0.15, -0.1) is 0 Å². The van der Waals surface area contributed by atoms with Crippen LogP contribution in [0.5, 0.6) is 0 Å². The number of furan rings is 2. The summed E-state index contributed by atoms with van der Waals surface area (Å²) < 4.78 is 14.1. The number of hydrogen-bond acceptors (Lipinski definition) is 4. The molecular weight excluding hydrogens is 1170 g/mol. The zero-order valence-electron chi connectivity index (χ0n) is 53.7. The molecule has 0 fully saturated rings. The number of nitrogens with zero attached hydrogens (tertiary/aromatic N) is 2. The SMILES string of the molecule is Cc1ccc(N(c2ccc3c(c2)C(c2ccccc2)(c2ccccc2)c2cc4ccccc4cc2-3)c2ccc3c(c2)oc2cc4c(cc23)oc2cc(N(c3ccc(C)c(C)c3)c3ccc5c(c3)C(c3ccccc3)(c3ccccc3)c3cc6ccccc6cc3-5)ccc24)cc1C. The first kappa shape index (κ1) is 55.6. The van der Waals surface area contributed by atoms with Crippen LogP contribution in [0.25, 0.3) is 87.7 Å². The molecule has 2 heterocycles. The molecule has 4 nitrogen and oxygen atoms in total. The molecule has 0 N–H and O–H groups in total. The van der Waals surface area contributed by atoms with Gasteiger partial charge >= 0.3 is 0 Å². The standard InChI is InChI=1S/C92H64N2O2/c1-57-33-35-69(45-59(57)3)93(71-37-41-75-79-47-61-21-17-19-23-63(61)49-83(79)91(85(75)51-71,65-25-9-5-10-26-65)66-27-11-6-12-28-66)73-39-43-77-81-55-90-82(56-89(81)95-87(77)53-73)78-44-40-74(54-88(78)96-90)94(70-36-34-58(2)60(4)46-70)72-38-42-76-80-48-62-22-18-20-24-64(62)50-84(80)92(86(76)52-72,67-29-13-7-14-30-67)68-31-15-8-16-32-68/h5-56H,1-4H3. The van der Waals surface area contributed by atoms with Crippen LogP contribution in [0.2, 0.25) is 0 Å².